The molecule has 16 heavy (non-hydrogen) atoms. The number of rotatable bonds is 3. The van der Waals surface area contributed by atoms with Gasteiger partial charge in [0.2, 0.25) is 0 Å². The molecule has 2 rings (SSSR count). The predicted octanol–water partition coefficient (Wildman–Crippen LogP) is 2.34. The van der Waals surface area contributed by atoms with Gasteiger partial charge in [0.1, 0.15) is 0 Å². The second-order valence-corrected chi connectivity index (χ2v) is 3.90. The van der Waals surface area contributed by atoms with Crippen molar-refractivity contribution < 1.29 is 0 Å². The molecule has 84 valence electrons. The first-order valence-electron chi connectivity index (χ1n) is 5.34. The Hall–Kier alpha value is -1.84. The third-order valence-electron chi connectivity index (χ3n) is 2.74. The van der Waals surface area contributed by atoms with Crippen molar-refractivity contribution in [2.75, 3.05) is 5.32 Å². The van der Waals surface area contributed by atoms with E-state index < -0.39 is 0 Å². The molecule has 0 unspecified atom stereocenters. The van der Waals surface area contributed by atoms with Crippen molar-refractivity contribution >= 4 is 5.69 Å². The average molecular weight is 216 g/mol. The summed E-state index contributed by atoms with van der Waals surface area (Å²) < 4.78 is 0. The van der Waals surface area contributed by atoms with Crippen LogP contribution in [0.25, 0.3) is 0 Å². The maximum atomic E-state index is 4.24. The summed E-state index contributed by atoms with van der Waals surface area (Å²) in [7, 11) is 0. The molecule has 4 heteroatoms. The van der Waals surface area contributed by atoms with Crippen LogP contribution >= 0.6 is 0 Å². The number of nitrogens with one attached hydrogen (secondary N) is 2. The zero-order chi connectivity index (χ0) is 11.5. The van der Waals surface area contributed by atoms with Gasteiger partial charge in [-0.3, -0.25) is 10.1 Å². The van der Waals surface area contributed by atoms with Crippen LogP contribution in [0.3, 0.4) is 0 Å². The third kappa shape index (κ3) is 2.05. The van der Waals surface area contributed by atoms with E-state index in [1.807, 2.05) is 32.9 Å². The van der Waals surface area contributed by atoms with Crippen molar-refractivity contribution in [2.24, 2.45) is 0 Å². The lowest BCUT2D eigenvalue weighted by Gasteiger charge is -2.08. The molecule has 2 N–H and O–H groups in total. The largest absolute Gasteiger partial charge is 0.379 e. The van der Waals surface area contributed by atoms with Crippen molar-refractivity contribution in [2.45, 2.75) is 27.3 Å². The van der Waals surface area contributed by atoms with Crippen molar-refractivity contribution in [3.63, 3.8) is 0 Å². The van der Waals surface area contributed by atoms with Gasteiger partial charge < -0.3 is 5.32 Å². The summed E-state index contributed by atoms with van der Waals surface area (Å²) in [5.41, 5.74) is 5.48. The molecule has 2 aromatic rings. The molecule has 0 bridgehead atoms. The van der Waals surface area contributed by atoms with Crippen LogP contribution in [0.5, 0.6) is 0 Å². The molecule has 0 spiro atoms. The highest BCUT2D eigenvalue weighted by molar-refractivity contribution is 5.47. The van der Waals surface area contributed by atoms with Crippen LogP contribution in [0, 0.1) is 20.8 Å². The number of pyridine rings is 1. The molecule has 0 aliphatic rings. The van der Waals surface area contributed by atoms with Gasteiger partial charge in [0.05, 0.1) is 17.1 Å². The van der Waals surface area contributed by atoms with Crippen LogP contribution in [0.2, 0.25) is 0 Å². The number of H-pyrrole nitrogens is 1. The second-order valence-electron chi connectivity index (χ2n) is 3.90. The van der Waals surface area contributed by atoms with Gasteiger partial charge in [-0.1, -0.05) is 0 Å². The summed E-state index contributed by atoms with van der Waals surface area (Å²) in [6.45, 7) is 6.82. The van der Waals surface area contributed by atoms with E-state index in [1.165, 1.54) is 5.56 Å². The van der Waals surface area contributed by atoms with Crippen LogP contribution in [-0.4, -0.2) is 15.2 Å². The zero-order valence-electron chi connectivity index (χ0n) is 9.83. The van der Waals surface area contributed by atoms with Crippen LogP contribution < -0.4 is 5.32 Å². The standard InChI is InChI=1S/C12H16N4/c1-8-11(9(2)16-15-8)7-14-12-5-4-6-13-10(12)3/h4-6,14H,7H2,1-3H3,(H,15,16). The van der Waals surface area contributed by atoms with Crippen molar-refractivity contribution in [1.82, 2.24) is 15.2 Å². The van der Waals surface area contributed by atoms with E-state index in [-0.39, 0.29) is 0 Å². The summed E-state index contributed by atoms with van der Waals surface area (Å²) in [6, 6.07) is 3.97. The Balaban J connectivity index is 2.11. The summed E-state index contributed by atoms with van der Waals surface area (Å²) in [5, 5.41) is 10.5. The van der Waals surface area contributed by atoms with Gasteiger partial charge in [-0.2, -0.15) is 5.10 Å². The molecule has 0 atom stereocenters. The van der Waals surface area contributed by atoms with Crippen LogP contribution in [0.15, 0.2) is 18.3 Å². The second kappa shape index (κ2) is 4.35. The number of aryl methyl sites for hydroxylation is 3. The highest BCUT2D eigenvalue weighted by Crippen LogP contribution is 2.15. The number of anilines is 1. The van der Waals surface area contributed by atoms with E-state index in [4.69, 9.17) is 0 Å². The number of aromatic amines is 1. The molecule has 0 saturated heterocycles. The Kier molecular flexibility index (Phi) is 2.90. The molecule has 0 saturated carbocycles. The molecule has 0 aliphatic heterocycles. The molecule has 0 aromatic carbocycles. The van der Waals surface area contributed by atoms with Gasteiger partial charge >= 0.3 is 0 Å². The fourth-order valence-electron chi connectivity index (χ4n) is 1.69. The molecule has 4 nitrogen and oxygen atoms in total. The Morgan fingerprint density at radius 1 is 1.25 bits per heavy atom. The molecule has 0 fully saturated rings. The van der Waals surface area contributed by atoms with Crippen molar-refractivity contribution in [3.8, 4) is 0 Å². The fraction of sp³-hybridized carbons (Fsp3) is 0.333. The Labute approximate surface area is 95.1 Å². The number of nitrogens with zero attached hydrogens (tertiary/aromatic N) is 2. The van der Waals surface area contributed by atoms with Crippen molar-refractivity contribution in [1.29, 1.82) is 0 Å². The fourth-order valence-corrected chi connectivity index (χ4v) is 1.69. The molecular weight excluding hydrogens is 200 g/mol. The minimum absolute atomic E-state index is 0.778. The SMILES string of the molecule is Cc1ncccc1NCc1c(C)n[nH]c1C. The van der Waals surface area contributed by atoms with Crippen LogP contribution in [-0.2, 0) is 6.54 Å². The van der Waals surface area contributed by atoms with E-state index in [2.05, 4.69) is 20.5 Å². The van der Waals surface area contributed by atoms with Gasteiger partial charge in [-0.25, -0.2) is 0 Å². The average Bonchev–Trinajstić information content (AvgIpc) is 2.58. The quantitative estimate of drug-likeness (QED) is 0.828. The maximum absolute atomic E-state index is 4.24. The lowest BCUT2D eigenvalue weighted by molar-refractivity contribution is 1.02. The summed E-state index contributed by atoms with van der Waals surface area (Å²) in [6.07, 6.45) is 1.80. The summed E-state index contributed by atoms with van der Waals surface area (Å²) in [5.74, 6) is 0. The number of hydrogen-bond donors (Lipinski definition) is 2. The minimum Gasteiger partial charge on any atom is -0.379 e. The zero-order valence-corrected chi connectivity index (χ0v) is 9.83. The Morgan fingerprint density at radius 3 is 2.69 bits per heavy atom. The number of aromatic nitrogens is 3. The highest BCUT2D eigenvalue weighted by Gasteiger charge is 2.06. The number of hydrogen-bond acceptors (Lipinski definition) is 3. The minimum atomic E-state index is 0.778. The van der Waals surface area contributed by atoms with Gasteiger partial charge in [-0.15, -0.1) is 0 Å². The lowest BCUT2D eigenvalue weighted by atomic mass is 10.2. The van der Waals surface area contributed by atoms with Crippen molar-refractivity contribution in [3.05, 3.63) is 41.0 Å². The van der Waals surface area contributed by atoms with E-state index in [0.717, 1.165) is 29.3 Å². The summed E-state index contributed by atoms with van der Waals surface area (Å²) in [4.78, 5) is 4.24. The first kappa shape index (κ1) is 10.7. The predicted molar refractivity (Wildman–Crippen MR) is 64.4 cm³/mol. The van der Waals surface area contributed by atoms with Gasteiger partial charge in [0, 0.05) is 24.0 Å². The van der Waals surface area contributed by atoms with E-state index in [1.54, 1.807) is 6.20 Å². The van der Waals surface area contributed by atoms with Crippen LogP contribution in [0.1, 0.15) is 22.6 Å². The third-order valence-corrected chi connectivity index (χ3v) is 2.74. The molecular formula is C12H16N4. The molecule has 2 heterocycles. The van der Waals surface area contributed by atoms with Crippen LogP contribution in [0.4, 0.5) is 5.69 Å². The maximum Gasteiger partial charge on any atom is 0.0643 e. The normalized spacial score (nSPS) is 10.4. The smallest absolute Gasteiger partial charge is 0.0643 e. The molecule has 0 aliphatic carbocycles. The first-order chi connectivity index (χ1) is 7.68. The first-order valence-corrected chi connectivity index (χ1v) is 5.34. The molecule has 2 aromatic heterocycles. The van der Waals surface area contributed by atoms with E-state index in [0.29, 0.717) is 0 Å². The molecule has 0 radical (unpaired) electrons. The van der Waals surface area contributed by atoms with Gasteiger partial charge in [0.15, 0.2) is 0 Å². The lowest BCUT2D eigenvalue weighted by Crippen LogP contribution is -2.03. The Morgan fingerprint density at radius 2 is 2.06 bits per heavy atom. The molecule has 0 amide bonds. The van der Waals surface area contributed by atoms with Gasteiger partial charge in [0.25, 0.3) is 0 Å². The Bertz CT molecular complexity index is 468. The monoisotopic (exact) mass is 216 g/mol. The highest BCUT2D eigenvalue weighted by atomic mass is 15.1. The van der Waals surface area contributed by atoms with Gasteiger partial charge in [-0.05, 0) is 32.9 Å². The summed E-state index contributed by atoms with van der Waals surface area (Å²) >= 11 is 0. The topological polar surface area (TPSA) is 53.6 Å². The van der Waals surface area contributed by atoms with E-state index >= 15 is 0 Å². The van der Waals surface area contributed by atoms with E-state index in [9.17, 15) is 0 Å².